The van der Waals surface area contributed by atoms with Gasteiger partial charge < -0.3 is 14.9 Å². The van der Waals surface area contributed by atoms with Crippen molar-refractivity contribution in [3.05, 3.63) is 32.9 Å². The first-order valence-corrected chi connectivity index (χ1v) is 5.48. The number of aromatic amines is 1. The summed E-state index contributed by atoms with van der Waals surface area (Å²) in [6.45, 7) is 1.74. The van der Waals surface area contributed by atoms with Crippen molar-refractivity contribution < 1.29 is 19.3 Å². The number of H-pyrrole nitrogens is 1. The monoisotopic (exact) mass is 260 g/mol. The van der Waals surface area contributed by atoms with Gasteiger partial charge >= 0.3 is 5.69 Å². The van der Waals surface area contributed by atoms with Crippen molar-refractivity contribution in [3.63, 3.8) is 0 Å². The topological polar surface area (TPSA) is 105 Å². The highest BCUT2D eigenvalue weighted by atomic mass is 19.1. The van der Waals surface area contributed by atoms with Crippen LogP contribution >= 0.6 is 0 Å². The number of aliphatic hydroxyl groups excluding tert-OH is 2. The van der Waals surface area contributed by atoms with Gasteiger partial charge in [-0.1, -0.05) is 6.92 Å². The number of rotatable bonds is 2. The molecule has 18 heavy (non-hydrogen) atoms. The van der Waals surface area contributed by atoms with E-state index in [4.69, 9.17) is 4.74 Å². The van der Waals surface area contributed by atoms with E-state index in [1.54, 1.807) is 11.9 Å². The lowest BCUT2D eigenvalue weighted by Gasteiger charge is -2.16. The summed E-state index contributed by atoms with van der Waals surface area (Å²) in [7, 11) is 0. The third-order valence-electron chi connectivity index (χ3n) is 2.94. The second kappa shape index (κ2) is 4.63. The van der Waals surface area contributed by atoms with Crippen LogP contribution in [0.15, 0.2) is 15.8 Å². The van der Waals surface area contributed by atoms with Crippen molar-refractivity contribution in [2.24, 2.45) is 0 Å². The van der Waals surface area contributed by atoms with Crippen molar-refractivity contribution >= 4 is 0 Å². The van der Waals surface area contributed by atoms with Gasteiger partial charge in [0.15, 0.2) is 6.23 Å². The second-order valence-corrected chi connectivity index (χ2v) is 4.10. The minimum atomic E-state index is -1.36. The first kappa shape index (κ1) is 12.9. The van der Waals surface area contributed by atoms with Crippen LogP contribution in [0, 0.1) is 5.82 Å². The molecule has 100 valence electrons. The molecule has 1 aromatic heterocycles. The molecular formula is C10H13FN2O5. The summed E-state index contributed by atoms with van der Waals surface area (Å²) in [6, 6.07) is 0. The highest BCUT2D eigenvalue weighted by Gasteiger charge is 2.43. The standard InChI is InChI=1S/C10H13FN2O5/c1-2-5-6(14)7(15)9(18-5)13-3-4(11)8(16)12-10(13)17/h3,5-7,9,14-15H,2H2,1H3,(H,12,16,17)/t5-,6-,7-,9?/m1/s1. The lowest BCUT2D eigenvalue weighted by molar-refractivity contribution is -0.0410. The summed E-state index contributed by atoms with van der Waals surface area (Å²) in [5.74, 6) is -1.17. The van der Waals surface area contributed by atoms with Crippen LogP contribution in [0.4, 0.5) is 4.39 Å². The summed E-state index contributed by atoms with van der Waals surface area (Å²) >= 11 is 0. The highest BCUT2D eigenvalue weighted by molar-refractivity contribution is 4.94. The molecule has 0 aromatic carbocycles. The van der Waals surface area contributed by atoms with E-state index < -0.39 is 41.6 Å². The van der Waals surface area contributed by atoms with Crippen molar-refractivity contribution in [3.8, 4) is 0 Å². The van der Waals surface area contributed by atoms with Gasteiger partial charge in [0.25, 0.3) is 5.56 Å². The summed E-state index contributed by atoms with van der Waals surface area (Å²) in [4.78, 5) is 24.1. The summed E-state index contributed by atoms with van der Waals surface area (Å²) < 4.78 is 19.1. The Balaban J connectivity index is 2.42. The lowest BCUT2D eigenvalue weighted by atomic mass is 10.1. The van der Waals surface area contributed by atoms with Crippen molar-refractivity contribution in [1.29, 1.82) is 0 Å². The second-order valence-electron chi connectivity index (χ2n) is 4.10. The Bertz CT molecular complexity index is 554. The fourth-order valence-electron chi connectivity index (χ4n) is 1.95. The quantitative estimate of drug-likeness (QED) is 0.613. The maximum Gasteiger partial charge on any atom is 0.330 e. The van der Waals surface area contributed by atoms with E-state index in [0.29, 0.717) is 12.6 Å². The van der Waals surface area contributed by atoms with Crippen LogP contribution in [-0.2, 0) is 4.74 Å². The smallest absolute Gasteiger partial charge is 0.330 e. The molecule has 2 rings (SSSR count). The Morgan fingerprint density at radius 3 is 2.67 bits per heavy atom. The van der Waals surface area contributed by atoms with Gasteiger partial charge in [-0.3, -0.25) is 14.3 Å². The molecule has 7 nitrogen and oxygen atoms in total. The molecule has 1 aromatic rings. The van der Waals surface area contributed by atoms with Gasteiger partial charge in [0, 0.05) is 0 Å². The van der Waals surface area contributed by atoms with E-state index in [1.807, 2.05) is 0 Å². The first-order chi connectivity index (χ1) is 8.45. The molecule has 3 N–H and O–H groups in total. The van der Waals surface area contributed by atoms with E-state index in [0.717, 1.165) is 4.57 Å². The number of hydrogen-bond donors (Lipinski definition) is 3. The zero-order valence-electron chi connectivity index (χ0n) is 9.54. The Labute approximate surface area is 100 Å². The number of nitrogens with zero attached hydrogens (tertiary/aromatic N) is 1. The minimum Gasteiger partial charge on any atom is -0.388 e. The van der Waals surface area contributed by atoms with Gasteiger partial charge in [-0.25, -0.2) is 4.79 Å². The number of aromatic nitrogens is 2. The molecular weight excluding hydrogens is 247 g/mol. The molecule has 0 radical (unpaired) electrons. The van der Waals surface area contributed by atoms with Gasteiger partial charge in [-0.2, -0.15) is 4.39 Å². The Morgan fingerprint density at radius 2 is 2.11 bits per heavy atom. The van der Waals surface area contributed by atoms with Crippen LogP contribution in [-0.4, -0.2) is 38.1 Å². The summed E-state index contributed by atoms with van der Waals surface area (Å²) in [5.41, 5.74) is -2.05. The summed E-state index contributed by atoms with van der Waals surface area (Å²) in [5, 5.41) is 19.4. The minimum absolute atomic E-state index is 0.426. The number of hydrogen-bond acceptors (Lipinski definition) is 5. The molecule has 1 saturated heterocycles. The molecule has 0 amide bonds. The summed E-state index contributed by atoms with van der Waals surface area (Å²) in [6.07, 6.45) is -3.31. The molecule has 1 aliphatic heterocycles. The predicted octanol–water partition coefficient (Wildman–Crippen LogP) is -1.30. The Hall–Kier alpha value is -1.51. The number of ether oxygens (including phenoxy) is 1. The number of nitrogens with one attached hydrogen (secondary N) is 1. The van der Waals surface area contributed by atoms with Crippen LogP contribution in [0.5, 0.6) is 0 Å². The van der Waals surface area contributed by atoms with E-state index in [2.05, 4.69) is 0 Å². The Morgan fingerprint density at radius 1 is 1.44 bits per heavy atom. The molecule has 1 unspecified atom stereocenters. The van der Waals surface area contributed by atoms with Crippen LogP contribution in [0.25, 0.3) is 0 Å². The number of aliphatic hydroxyl groups is 2. The average Bonchev–Trinajstić information content (AvgIpc) is 2.61. The SMILES string of the molecule is CC[C@H]1OC(n2cc(F)c(=O)[nH]c2=O)[C@H](O)[C@@H]1O. The van der Waals surface area contributed by atoms with Crippen molar-refractivity contribution in [1.82, 2.24) is 9.55 Å². The van der Waals surface area contributed by atoms with Gasteiger partial charge in [0.1, 0.15) is 12.2 Å². The largest absolute Gasteiger partial charge is 0.388 e. The Kier molecular flexibility index (Phi) is 3.33. The number of halogens is 1. The predicted molar refractivity (Wildman–Crippen MR) is 57.5 cm³/mol. The van der Waals surface area contributed by atoms with Gasteiger partial charge in [0.05, 0.1) is 12.3 Å². The third-order valence-corrected chi connectivity index (χ3v) is 2.94. The lowest BCUT2D eigenvalue weighted by Crippen LogP contribution is -2.38. The van der Waals surface area contributed by atoms with Crippen LogP contribution in [0.2, 0.25) is 0 Å². The van der Waals surface area contributed by atoms with Crippen molar-refractivity contribution in [2.45, 2.75) is 37.9 Å². The average molecular weight is 260 g/mol. The van der Waals surface area contributed by atoms with Gasteiger partial charge in [-0.05, 0) is 6.42 Å². The highest BCUT2D eigenvalue weighted by Crippen LogP contribution is 2.29. The van der Waals surface area contributed by atoms with Gasteiger partial charge in [0.2, 0.25) is 5.82 Å². The van der Waals surface area contributed by atoms with E-state index in [1.165, 1.54) is 0 Å². The first-order valence-electron chi connectivity index (χ1n) is 5.48. The van der Waals surface area contributed by atoms with Crippen LogP contribution in [0.3, 0.4) is 0 Å². The fourth-order valence-corrected chi connectivity index (χ4v) is 1.95. The molecule has 1 fully saturated rings. The molecule has 1 aliphatic rings. The molecule has 2 heterocycles. The van der Waals surface area contributed by atoms with E-state index >= 15 is 0 Å². The van der Waals surface area contributed by atoms with Crippen molar-refractivity contribution in [2.75, 3.05) is 0 Å². The van der Waals surface area contributed by atoms with Crippen LogP contribution in [0.1, 0.15) is 19.6 Å². The molecule has 4 atom stereocenters. The zero-order chi connectivity index (χ0) is 13.4. The normalized spacial score (nSPS) is 31.8. The molecule has 8 heteroatoms. The van der Waals surface area contributed by atoms with E-state index in [-0.39, 0.29) is 0 Å². The molecule has 0 aliphatic carbocycles. The molecule has 0 spiro atoms. The zero-order valence-corrected chi connectivity index (χ0v) is 9.54. The third kappa shape index (κ3) is 1.98. The van der Waals surface area contributed by atoms with Crippen LogP contribution < -0.4 is 11.2 Å². The van der Waals surface area contributed by atoms with E-state index in [9.17, 15) is 24.2 Å². The molecule has 0 bridgehead atoms. The van der Waals surface area contributed by atoms with Gasteiger partial charge in [-0.15, -0.1) is 0 Å². The maximum absolute atomic E-state index is 13.1. The molecule has 0 saturated carbocycles. The fraction of sp³-hybridized carbons (Fsp3) is 0.600. The maximum atomic E-state index is 13.1.